The van der Waals surface area contributed by atoms with E-state index in [4.69, 9.17) is 0 Å². The van der Waals surface area contributed by atoms with Gasteiger partial charge in [0.1, 0.15) is 5.69 Å². The van der Waals surface area contributed by atoms with E-state index in [0.717, 1.165) is 36.4 Å². The Bertz CT molecular complexity index is 818. The summed E-state index contributed by atoms with van der Waals surface area (Å²) in [7, 11) is 3.73. The number of aryl methyl sites for hydroxylation is 1. The number of hydrogen-bond donors (Lipinski definition) is 1. The Morgan fingerprint density at radius 1 is 1.32 bits per heavy atom. The lowest BCUT2D eigenvalue weighted by Gasteiger charge is -2.30. The average molecular weight is 403 g/mol. The van der Waals surface area contributed by atoms with Gasteiger partial charge in [0.25, 0.3) is 5.91 Å². The number of carbonyl (C=O) groups is 2. The van der Waals surface area contributed by atoms with Gasteiger partial charge in [0.2, 0.25) is 5.91 Å². The molecule has 1 aliphatic rings. The van der Waals surface area contributed by atoms with Crippen molar-refractivity contribution in [2.75, 3.05) is 7.05 Å². The van der Waals surface area contributed by atoms with Crippen LogP contribution >= 0.6 is 11.3 Å². The molecule has 1 aliphatic carbocycles. The molecule has 0 bridgehead atoms. The van der Waals surface area contributed by atoms with Crippen molar-refractivity contribution >= 4 is 23.2 Å². The predicted octanol–water partition coefficient (Wildman–Crippen LogP) is 3.55. The highest BCUT2D eigenvalue weighted by Gasteiger charge is 2.29. The summed E-state index contributed by atoms with van der Waals surface area (Å²) in [5.41, 5.74) is 1.63. The second kappa shape index (κ2) is 8.90. The minimum Gasteiger partial charge on any atom is -0.348 e. The van der Waals surface area contributed by atoms with Gasteiger partial charge < -0.3 is 14.8 Å². The lowest BCUT2D eigenvalue weighted by Crippen LogP contribution is -2.41. The van der Waals surface area contributed by atoms with Gasteiger partial charge in [0.05, 0.1) is 17.2 Å². The van der Waals surface area contributed by atoms with E-state index in [1.54, 1.807) is 16.2 Å². The first-order chi connectivity index (χ1) is 13.3. The number of thiazole rings is 1. The molecule has 0 atom stereocenters. The number of amides is 2. The van der Waals surface area contributed by atoms with Gasteiger partial charge >= 0.3 is 0 Å². The molecule has 0 spiro atoms. The summed E-state index contributed by atoms with van der Waals surface area (Å²) in [6.07, 6.45) is 5.18. The maximum Gasteiger partial charge on any atom is 0.268 e. The molecule has 2 amide bonds. The molecule has 2 aromatic rings. The van der Waals surface area contributed by atoms with Crippen LogP contribution in [0.25, 0.3) is 0 Å². The molecule has 7 heteroatoms. The van der Waals surface area contributed by atoms with E-state index >= 15 is 0 Å². The summed E-state index contributed by atoms with van der Waals surface area (Å²) in [6.45, 7) is 4.82. The highest BCUT2D eigenvalue weighted by atomic mass is 32.1. The van der Waals surface area contributed by atoms with Crippen LogP contribution in [0.3, 0.4) is 0 Å². The first-order valence-electron chi connectivity index (χ1n) is 9.96. The van der Waals surface area contributed by atoms with E-state index in [0.29, 0.717) is 18.2 Å². The molecule has 0 aromatic carbocycles. The zero-order valence-electron chi connectivity index (χ0n) is 17.1. The highest BCUT2D eigenvalue weighted by molar-refractivity contribution is 7.09. The molecule has 0 aliphatic heterocycles. The molecule has 2 heterocycles. The van der Waals surface area contributed by atoms with Gasteiger partial charge in [-0.05, 0) is 37.8 Å². The molecule has 6 nitrogen and oxygen atoms in total. The van der Waals surface area contributed by atoms with E-state index in [1.807, 2.05) is 37.0 Å². The second-order valence-electron chi connectivity index (χ2n) is 8.05. The van der Waals surface area contributed by atoms with Crippen LogP contribution in [-0.2, 0) is 18.4 Å². The molecule has 1 saturated carbocycles. The molecule has 3 rings (SSSR count). The first-order valence-corrected chi connectivity index (χ1v) is 10.8. The van der Waals surface area contributed by atoms with E-state index in [1.165, 1.54) is 0 Å². The largest absolute Gasteiger partial charge is 0.348 e. The van der Waals surface area contributed by atoms with E-state index in [-0.39, 0.29) is 23.8 Å². The standard InChI is InChI=1S/C21H30N4O2S/c1-14(2)20-23-17(13-28-20)12-25(4)21(27)15-7-9-16(10-8-15)22-19(26)18-6-5-11-24(18)3/h5-6,11,13-16H,7-10,12H2,1-4H3,(H,22,26). The van der Waals surface area contributed by atoms with Crippen LogP contribution in [0, 0.1) is 5.92 Å². The van der Waals surface area contributed by atoms with Crippen LogP contribution in [-0.4, -0.2) is 39.4 Å². The van der Waals surface area contributed by atoms with E-state index in [9.17, 15) is 9.59 Å². The molecule has 152 valence electrons. The van der Waals surface area contributed by atoms with Gasteiger partial charge in [0, 0.05) is 43.5 Å². The van der Waals surface area contributed by atoms with Crippen LogP contribution in [0.2, 0.25) is 0 Å². The fourth-order valence-corrected chi connectivity index (χ4v) is 4.56. The fourth-order valence-electron chi connectivity index (χ4n) is 3.73. The van der Waals surface area contributed by atoms with Gasteiger partial charge in [0.15, 0.2) is 0 Å². The number of rotatable bonds is 6. The number of nitrogens with one attached hydrogen (secondary N) is 1. The van der Waals surface area contributed by atoms with Crippen molar-refractivity contribution in [2.45, 2.75) is 58.0 Å². The van der Waals surface area contributed by atoms with Crippen LogP contribution in [0.1, 0.15) is 66.6 Å². The molecule has 0 radical (unpaired) electrons. The molecule has 1 N–H and O–H groups in total. The van der Waals surface area contributed by atoms with Crippen LogP contribution in [0.4, 0.5) is 0 Å². The molecular formula is C21H30N4O2S. The Hall–Kier alpha value is -2.15. The zero-order chi connectivity index (χ0) is 20.3. The third kappa shape index (κ3) is 4.82. The van der Waals surface area contributed by atoms with Crippen LogP contribution in [0.15, 0.2) is 23.7 Å². The summed E-state index contributed by atoms with van der Waals surface area (Å²) in [4.78, 5) is 31.6. The Kier molecular flexibility index (Phi) is 6.54. The minimum absolute atomic E-state index is 0.0381. The maximum absolute atomic E-state index is 12.8. The topological polar surface area (TPSA) is 67.2 Å². The predicted molar refractivity (Wildman–Crippen MR) is 111 cm³/mol. The Morgan fingerprint density at radius 3 is 2.61 bits per heavy atom. The molecule has 2 aromatic heterocycles. The van der Waals surface area contributed by atoms with E-state index < -0.39 is 0 Å². The third-order valence-electron chi connectivity index (χ3n) is 5.43. The minimum atomic E-state index is -0.0381. The fraction of sp³-hybridized carbons (Fsp3) is 0.571. The molecule has 28 heavy (non-hydrogen) atoms. The van der Waals surface area contributed by atoms with Crippen molar-refractivity contribution in [2.24, 2.45) is 13.0 Å². The van der Waals surface area contributed by atoms with Gasteiger partial charge in [-0.1, -0.05) is 13.8 Å². The lowest BCUT2D eigenvalue weighted by molar-refractivity contribution is -0.135. The molecular weight excluding hydrogens is 372 g/mol. The summed E-state index contributed by atoms with van der Waals surface area (Å²) in [5.74, 6) is 0.604. The summed E-state index contributed by atoms with van der Waals surface area (Å²) in [6, 6.07) is 3.83. The van der Waals surface area contributed by atoms with Crippen LogP contribution in [0.5, 0.6) is 0 Å². The van der Waals surface area contributed by atoms with Crippen molar-refractivity contribution in [1.29, 1.82) is 0 Å². The number of nitrogens with zero attached hydrogens (tertiary/aromatic N) is 3. The highest BCUT2D eigenvalue weighted by Crippen LogP contribution is 2.27. The average Bonchev–Trinajstić information content (AvgIpc) is 3.30. The van der Waals surface area contributed by atoms with Crippen molar-refractivity contribution in [3.8, 4) is 0 Å². The van der Waals surface area contributed by atoms with Crippen molar-refractivity contribution in [3.63, 3.8) is 0 Å². The molecule has 0 saturated heterocycles. The van der Waals surface area contributed by atoms with Crippen molar-refractivity contribution < 1.29 is 9.59 Å². The Balaban J connectivity index is 1.47. The van der Waals surface area contributed by atoms with Crippen molar-refractivity contribution in [3.05, 3.63) is 40.1 Å². The number of aromatic nitrogens is 2. The lowest BCUT2D eigenvalue weighted by atomic mass is 9.85. The number of carbonyl (C=O) groups excluding carboxylic acids is 2. The van der Waals surface area contributed by atoms with Gasteiger partial charge in [-0.15, -0.1) is 11.3 Å². The third-order valence-corrected chi connectivity index (χ3v) is 6.62. The Labute approximate surface area is 171 Å². The maximum atomic E-state index is 12.8. The summed E-state index contributed by atoms with van der Waals surface area (Å²) >= 11 is 1.66. The molecule has 0 unspecified atom stereocenters. The SMILES string of the molecule is CC(C)c1nc(CN(C)C(=O)C2CCC(NC(=O)c3cccn3C)CC2)cs1. The first kappa shape index (κ1) is 20.6. The normalized spacial score (nSPS) is 19.6. The quantitative estimate of drug-likeness (QED) is 0.803. The van der Waals surface area contributed by atoms with Crippen LogP contribution < -0.4 is 5.32 Å². The number of hydrogen-bond acceptors (Lipinski definition) is 4. The second-order valence-corrected chi connectivity index (χ2v) is 8.94. The van der Waals surface area contributed by atoms with Gasteiger partial charge in [-0.2, -0.15) is 0 Å². The zero-order valence-corrected chi connectivity index (χ0v) is 18.0. The summed E-state index contributed by atoms with van der Waals surface area (Å²) in [5, 5.41) is 6.28. The monoisotopic (exact) mass is 402 g/mol. The smallest absolute Gasteiger partial charge is 0.268 e. The van der Waals surface area contributed by atoms with E-state index in [2.05, 4.69) is 29.5 Å². The molecule has 1 fully saturated rings. The van der Waals surface area contributed by atoms with Gasteiger partial charge in [-0.3, -0.25) is 9.59 Å². The van der Waals surface area contributed by atoms with Crippen molar-refractivity contribution in [1.82, 2.24) is 19.8 Å². The van der Waals surface area contributed by atoms with Gasteiger partial charge in [-0.25, -0.2) is 4.98 Å². The summed E-state index contributed by atoms with van der Waals surface area (Å²) < 4.78 is 1.82. The Morgan fingerprint density at radius 2 is 2.04 bits per heavy atom.